The molecule has 1 rings (SSSR count). The zero-order chi connectivity index (χ0) is 26.5. The molecule has 0 aliphatic rings. The van der Waals surface area contributed by atoms with E-state index < -0.39 is 47.9 Å². The van der Waals surface area contributed by atoms with Crippen molar-refractivity contribution < 1.29 is 24.3 Å². The monoisotopic (exact) mass is 491 g/mol. The predicted molar refractivity (Wildman–Crippen MR) is 134 cm³/mol. The van der Waals surface area contributed by atoms with Crippen LogP contribution >= 0.6 is 0 Å². The van der Waals surface area contributed by atoms with Crippen LogP contribution in [-0.2, 0) is 25.6 Å². The maximum absolute atomic E-state index is 13.2. The van der Waals surface area contributed by atoms with E-state index in [1.54, 1.807) is 27.7 Å². The molecule has 0 fully saturated rings. The van der Waals surface area contributed by atoms with E-state index in [-0.39, 0.29) is 24.7 Å². The number of hydrogen-bond acceptors (Lipinski definition) is 6. The number of carboxylic acids is 1. The van der Waals surface area contributed by atoms with E-state index in [1.807, 2.05) is 30.3 Å². The summed E-state index contributed by atoms with van der Waals surface area (Å²) in [5.41, 5.74) is 12.2. The Balaban J connectivity index is 3.07. The van der Waals surface area contributed by atoms with Gasteiger partial charge in [0, 0.05) is 6.42 Å². The van der Waals surface area contributed by atoms with Gasteiger partial charge in [0.05, 0.1) is 6.04 Å². The number of carbonyl (C=O) groups is 4. The zero-order valence-corrected chi connectivity index (χ0v) is 21.1. The second-order valence-electron chi connectivity index (χ2n) is 9.43. The van der Waals surface area contributed by atoms with Gasteiger partial charge in [0.15, 0.2) is 0 Å². The minimum atomic E-state index is -1.16. The third kappa shape index (κ3) is 10.4. The van der Waals surface area contributed by atoms with Crippen molar-refractivity contribution in [2.24, 2.45) is 23.3 Å². The van der Waals surface area contributed by atoms with E-state index in [1.165, 1.54) is 0 Å². The van der Waals surface area contributed by atoms with Gasteiger partial charge < -0.3 is 32.5 Å². The van der Waals surface area contributed by atoms with E-state index in [0.717, 1.165) is 5.56 Å². The van der Waals surface area contributed by atoms with Crippen LogP contribution in [-0.4, -0.2) is 59.5 Å². The number of aliphatic carboxylic acids is 1. The minimum Gasteiger partial charge on any atom is -0.480 e. The second kappa shape index (κ2) is 15.1. The van der Waals surface area contributed by atoms with Gasteiger partial charge in [-0.15, -0.1) is 0 Å². The first-order valence-corrected chi connectivity index (χ1v) is 12.1. The first kappa shape index (κ1) is 30.1. The van der Waals surface area contributed by atoms with Crippen LogP contribution in [0.4, 0.5) is 0 Å². The molecule has 1 aromatic carbocycles. The summed E-state index contributed by atoms with van der Waals surface area (Å²) < 4.78 is 0. The Hall–Kier alpha value is -2.98. The number of carboxylic acid groups (broad SMARTS) is 1. The summed E-state index contributed by atoms with van der Waals surface area (Å²) in [5, 5.41) is 17.5. The molecule has 0 aromatic heterocycles. The van der Waals surface area contributed by atoms with E-state index in [4.69, 9.17) is 11.5 Å². The topological polar surface area (TPSA) is 177 Å². The molecule has 0 saturated heterocycles. The average molecular weight is 492 g/mol. The SMILES string of the molecule is CC(C)C(N)C(=O)NC(C(=O)NC(Cc1ccccc1)C(=O)NC(CCCCN)C(=O)O)C(C)C. The van der Waals surface area contributed by atoms with Crippen LogP contribution in [0.3, 0.4) is 0 Å². The van der Waals surface area contributed by atoms with E-state index in [0.29, 0.717) is 19.4 Å². The van der Waals surface area contributed by atoms with Crippen LogP contribution in [0.5, 0.6) is 0 Å². The van der Waals surface area contributed by atoms with Gasteiger partial charge in [-0.3, -0.25) is 14.4 Å². The van der Waals surface area contributed by atoms with Crippen LogP contribution in [0.25, 0.3) is 0 Å². The number of carbonyl (C=O) groups excluding carboxylic acids is 3. The third-order valence-corrected chi connectivity index (χ3v) is 5.75. The number of rotatable bonds is 15. The Labute approximate surface area is 207 Å². The minimum absolute atomic E-state index is 0.116. The number of benzene rings is 1. The Morgan fingerprint density at radius 2 is 1.43 bits per heavy atom. The molecule has 0 aliphatic carbocycles. The summed E-state index contributed by atoms with van der Waals surface area (Å²) in [6.07, 6.45) is 1.55. The first-order valence-electron chi connectivity index (χ1n) is 12.1. The molecule has 3 amide bonds. The quantitative estimate of drug-likeness (QED) is 0.194. The molecular formula is C25H41N5O5. The highest BCUT2D eigenvalue weighted by Crippen LogP contribution is 2.09. The predicted octanol–water partition coefficient (Wildman–Crippen LogP) is 0.536. The highest BCUT2D eigenvalue weighted by atomic mass is 16.4. The molecule has 0 bridgehead atoms. The Kier molecular flexibility index (Phi) is 13.0. The number of nitrogens with two attached hydrogens (primary N) is 2. The van der Waals surface area contributed by atoms with Crippen molar-refractivity contribution in [2.75, 3.05) is 6.54 Å². The van der Waals surface area contributed by atoms with Gasteiger partial charge >= 0.3 is 5.97 Å². The van der Waals surface area contributed by atoms with Crippen LogP contribution in [0.1, 0.15) is 52.5 Å². The maximum atomic E-state index is 13.2. The molecule has 10 nitrogen and oxygen atoms in total. The number of amides is 3. The molecule has 0 heterocycles. The van der Waals surface area contributed by atoms with E-state index in [2.05, 4.69) is 16.0 Å². The Morgan fingerprint density at radius 1 is 0.829 bits per heavy atom. The molecule has 0 radical (unpaired) electrons. The molecule has 196 valence electrons. The van der Waals surface area contributed by atoms with Crippen LogP contribution < -0.4 is 27.4 Å². The van der Waals surface area contributed by atoms with Crippen molar-refractivity contribution in [1.82, 2.24) is 16.0 Å². The summed E-state index contributed by atoms with van der Waals surface area (Å²) in [6, 6.07) is 5.23. The molecule has 0 spiro atoms. The number of hydrogen-bond donors (Lipinski definition) is 6. The lowest BCUT2D eigenvalue weighted by Crippen LogP contribution is -2.59. The number of unbranched alkanes of at least 4 members (excludes halogenated alkanes) is 1. The van der Waals surface area contributed by atoms with Gasteiger partial charge in [-0.05, 0) is 43.2 Å². The number of nitrogens with one attached hydrogen (secondary N) is 3. The van der Waals surface area contributed by atoms with Crippen LogP contribution in [0.2, 0.25) is 0 Å². The van der Waals surface area contributed by atoms with Gasteiger partial charge in [0.25, 0.3) is 0 Å². The highest BCUT2D eigenvalue weighted by molar-refractivity contribution is 5.94. The summed E-state index contributed by atoms with van der Waals surface area (Å²) in [4.78, 5) is 50.5. The lowest BCUT2D eigenvalue weighted by Gasteiger charge is -2.27. The molecule has 10 heteroatoms. The average Bonchev–Trinajstić information content (AvgIpc) is 2.80. The molecule has 4 unspecified atom stereocenters. The fourth-order valence-electron chi connectivity index (χ4n) is 3.43. The normalized spacial score (nSPS) is 14.6. The van der Waals surface area contributed by atoms with Crippen molar-refractivity contribution >= 4 is 23.7 Å². The van der Waals surface area contributed by atoms with Crippen molar-refractivity contribution in [3.8, 4) is 0 Å². The van der Waals surface area contributed by atoms with Gasteiger partial charge in [-0.2, -0.15) is 0 Å². The highest BCUT2D eigenvalue weighted by Gasteiger charge is 2.32. The third-order valence-electron chi connectivity index (χ3n) is 5.75. The molecular weight excluding hydrogens is 450 g/mol. The lowest BCUT2D eigenvalue weighted by atomic mass is 9.99. The van der Waals surface area contributed by atoms with E-state index >= 15 is 0 Å². The summed E-state index contributed by atoms with van der Waals surface area (Å²) >= 11 is 0. The Bertz CT molecular complexity index is 831. The van der Waals surface area contributed by atoms with E-state index in [9.17, 15) is 24.3 Å². The summed E-state index contributed by atoms with van der Waals surface area (Å²) in [6.45, 7) is 7.59. The maximum Gasteiger partial charge on any atom is 0.326 e. The largest absolute Gasteiger partial charge is 0.480 e. The van der Waals surface area contributed by atoms with Gasteiger partial charge in [0.2, 0.25) is 17.7 Å². The fourth-order valence-corrected chi connectivity index (χ4v) is 3.43. The molecule has 0 aliphatic heterocycles. The molecule has 4 atom stereocenters. The molecule has 8 N–H and O–H groups in total. The lowest BCUT2D eigenvalue weighted by molar-refractivity contribution is -0.142. The van der Waals surface area contributed by atoms with Crippen LogP contribution in [0, 0.1) is 11.8 Å². The van der Waals surface area contributed by atoms with Gasteiger partial charge in [-0.1, -0.05) is 58.0 Å². The molecule has 1 aromatic rings. The standard InChI is InChI=1S/C25H41N5O5/c1-15(2)20(27)23(32)30-21(16(3)4)24(33)29-19(14-17-10-6-5-7-11-17)22(31)28-18(25(34)35)12-8-9-13-26/h5-7,10-11,15-16,18-21H,8-9,12-14,26-27H2,1-4H3,(H,28,31)(H,29,33)(H,30,32)(H,34,35). The van der Waals surface area contributed by atoms with Crippen molar-refractivity contribution in [2.45, 2.75) is 77.5 Å². The summed E-state index contributed by atoms with van der Waals surface area (Å²) in [5.74, 6) is -3.17. The van der Waals surface area contributed by atoms with Gasteiger partial charge in [-0.25, -0.2) is 4.79 Å². The van der Waals surface area contributed by atoms with Gasteiger partial charge in [0.1, 0.15) is 18.1 Å². The first-order chi connectivity index (χ1) is 16.5. The van der Waals surface area contributed by atoms with Crippen molar-refractivity contribution in [3.63, 3.8) is 0 Å². The second-order valence-corrected chi connectivity index (χ2v) is 9.43. The molecule has 0 saturated carbocycles. The Morgan fingerprint density at radius 3 is 1.94 bits per heavy atom. The zero-order valence-electron chi connectivity index (χ0n) is 21.1. The van der Waals surface area contributed by atoms with Crippen molar-refractivity contribution in [3.05, 3.63) is 35.9 Å². The van der Waals surface area contributed by atoms with Crippen LogP contribution in [0.15, 0.2) is 30.3 Å². The van der Waals surface area contributed by atoms with Crippen molar-refractivity contribution in [1.29, 1.82) is 0 Å². The smallest absolute Gasteiger partial charge is 0.326 e. The summed E-state index contributed by atoms with van der Waals surface area (Å²) in [7, 11) is 0. The molecule has 35 heavy (non-hydrogen) atoms. The fraction of sp³-hybridized carbons (Fsp3) is 0.600.